The third-order valence-corrected chi connectivity index (χ3v) is 2.41. The number of aryl methyl sites for hydroxylation is 1. The number of nitrogens with one attached hydrogen (secondary N) is 1. The molecule has 1 amide bonds. The first kappa shape index (κ1) is 11.2. The first-order valence-corrected chi connectivity index (χ1v) is 5.21. The van der Waals surface area contributed by atoms with Gasteiger partial charge in [-0.25, -0.2) is 0 Å². The second-order valence-electron chi connectivity index (χ2n) is 3.59. The van der Waals surface area contributed by atoms with E-state index in [1.807, 2.05) is 12.3 Å². The number of rotatable bonds is 4. The fourth-order valence-corrected chi connectivity index (χ4v) is 1.43. The van der Waals surface area contributed by atoms with Gasteiger partial charge < -0.3 is 11.1 Å². The predicted molar refractivity (Wildman–Crippen MR) is 62.2 cm³/mol. The SMILES string of the molecule is Cn1ncc(C(=O)NCCn2cccn2)c1N. The summed E-state index contributed by atoms with van der Waals surface area (Å²) in [6.07, 6.45) is 4.99. The van der Waals surface area contributed by atoms with Crippen LogP contribution in [0.15, 0.2) is 24.7 Å². The maximum absolute atomic E-state index is 11.7. The topological polar surface area (TPSA) is 90.8 Å². The normalized spacial score (nSPS) is 10.4. The molecule has 0 aromatic carbocycles. The molecule has 0 aliphatic heterocycles. The first-order chi connectivity index (χ1) is 8.18. The van der Waals surface area contributed by atoms with Crippen molar-refractivity contribution < 1.29 is 4.79 Å². The Morgan fingerprint density at radius 1 is 1.53 bits per heavy atom. The minimum absolute atomic E-state index is 0.220. The van der Waals surface area contributed by atoms with Crippen LogP contribution in [0.2, 0.25) is 0 Å². The van der Waals surface area contributed by atoms with Gasteiger partial charge in [0.1, 0.15) is 11.4 Å². The summed E-state index contributed by atoms with van der Waals surface area (Å²) < 4.78 is 3.20. The summed E-state index contributed by atoms with van der Waals surface area (Å²) in [5.41, 5.74) is 6.09. The third-order valence-electron chi connectivity index (χ3n) is 2.41. The van der Waals surface area contributed by atoms with Crippen LogP contribution >= 0.6 is 0 Å². The molecule has 0 saturated carbocycles. The van der Waals surface area contributed by atoms with Crippen LogP contribution in [0.25, 0.3) is 0 Å². The van der Waals surface area contributed by atoms with Crippen LogP contribution in [0.1, 0.15) is 10.4 Å². The monoisotopic (exact) mass is 234 g/mol. The number of hydrogen-bond donors (Lipinski definition) is 2. The molecule has 2 heterocycles. The highest BCUT2D eigenvalue weighted by molar-refractivity contribution is 5.98. The molecule has 0 unspecified atom stereocenters. The minimum atomic E-state index is -0.220. The zero-order valence-corrected chi connectivity index (χ0v) is 9.50. The van der Waals surface area contributed by atoms with Crippen molar-refractivity contribution in [2.45, 2.75) is 6.54 Å². The Bertz CT molecular complexity index is 501. The molecule has 0 saturated heterocycles. The van der Waals surface area contributed by atoms with Crippen molar-refractivity contribution in [2.75, 3.05) is 12.3 Å². The van der Waals surface area contributed by atoms with Crippen LogP contribution in [-0.4, -0.2) is 32.0 Å². The molecular weight excluding hydrogens is 220 g/mol. The fourth-order valence-electron chi connectivity index (χ4n) is 1.43. The van der Waals surface area contributed by atoms with Crippen LogP contribution in [0.4, 0.5) is 5.82 Å². The zero-order valence-electron chi connectivity index (χ0n) is 9.50. The standard InChI is InChI=1S/C10H14N6O/c1-15-9(11)8(7-14-15)10(17)12-4-6-16-5-2-3-13-16/h2-3,5,7H,4,6,11H2,1H3,(H,12,17). The maximum Gasteiger partial charge on any atom is 0.256 e. The lowest BCUT2D eigenvalue weighted by Gasteiger charge is -2.04. The van der Waals surface area contributed by atoms with E-state index in [1.165, 1.54) is 10.9 Å². The summed E-state index contributed by atoms with van der Waals surface area (Å²) >= 11 is 0. The van der Waals surface area contributed by atoms with Crippen LogP contribution in [0, 0.1) is 0 Å². The molecule has 17 heavy (non-hydrogen) atoms. The van der Waals surface area contributed by atoms with Crippen LogP contribution < -0.4 is 11.1 Å². The molecule has 0 bridgehead atoms. The molecule has 90 valence electrons. The zero-order chi connectivity index (χ0) is 12.3. The highest BCUT2D eigenvalue weighted by Crippen LogP contribution is 2.08. The molecule has 0 fully saturated rings. The van der Waals surface area contributed by atoms with E-state index in [0.29, 0.717) is 24.5 Å². The number of nitrogen functional groups attached to an aromatic ring is 1. The van der Waals surface area contributed by atoms with E-state index in [2.05, 4.69) is 15.5 Å². The van der Waals surface area contributed by atoms with Crippen molar-refractivity contribution in [2.24, 2.45) is 7.05 Å². The summed E-state index contributed by atoms with van der Waals surface area (Å²) in [6, 6.07) is 1.83. The van der Waals surface area contributed by atoms with Gasteiger partial charge in [0.25, 0.3) is 5.91 Å². The van der Waals surface area contributed by atoms with Gasteiger partial charge in [-0.15, -0.1) is 0 Å². The minimum Gasteiger partial charge on any atom is -0.383 e. The molecule has 0 spiro atoms. The molecule has 7 heteroatoms. The average molecular weight is 234 g/mol. The van der Waals surface area contributed by atoms with Crippen LogP contribution in [0.3, 0.4) is 0 Å². The lowest BCUT2D eigenvalue weighted by Crippen LogP contribution is -2.27. The number of anilines is 1. The summed E-state index contributed by atoms with van der Waals surface area (Å²) in [6.45, 7) is 1.12. The van der Waals surface area contributed by atoms with Crippen molar-refractivity contribution in [3.8, 4) is 0 Å². The lowest BCUT2D eigenvalue weighted by molar-refractivity contribution is 0.0953. The van der Waals surface area contributed by atoms with Crippen molar-refractivity contribution in [3.63, 3.8) is 0 Å². The predicted octanol–water partition coefficient (Wildman–Crippen LogP) is -0.371. The molecule has 0 radical (unpaired) electrons. The highest BCUT2D eigenvalue weighted by atomic mass is 16.1. The van der Waals surface area contributed by atoms with E-state index in [0.717, 1.165) is 0 Å². The lowest BCUT2D eigenvalue weighted by atomic mass is 10.3. The van der Waals surface area contributed by atoms with Gasteiger partial charge in [0.15, 0.2) is 0 Å². The Kier molecular flexibility index (Phi) is 3.08. The van der Waals surface area contributed by atoms with E-state index >= 15 is 0 Å². The number of nitrogens with zero attached hydrogens (tertiary/aromatic N) is 4. The van der Waals surface area contributed by atoms with Crippen LogP contribution in [-0.2, 0) is 13.6 Å². The van der Waals surface area contributed by atoms with Crippen molar-refractivity contribution in [3.05, 3.63) is 30.2 Å². The number of amides is 1. The van der Waals surface area contributed by atoms with Crippen molar-refractivity contribution >= 4 is 11.7 Å². The maximum atomic E-state index is 11.7. The molecule has 3 N–H and O–H groups in total. The molecule has 0 aliphatic rings. The van der Waals surface area contributed by atoms with E-state index in [9.17, 15) is 4.79 Å². The van der Waals surface area contributed by atoms with Gasteiger partial charge in [-0.3, -0.25) is 14.2 Å². The number of carbonyl (C=O) groups is 1. The molecule has 2 aromatic rings. The van der Waals surface area contributed by atoms with Gasteiger partial charge >= 0.3 is 0 Å². The summed E-state index contributed by atoms with van der Waals surface area (Å²) in [5.74, 6) is 0.143. The van der Waals surface area contributed by atoms with E-state index < -0.39 is 0 Å². The molecule has 0 aliphatic carbocycles. The number of nitrogens with two attached hydrogens (primary N) is 1. The van der Waals surface area contributed by atoms with Gasteiger partial charge in [-0.1, -0.05) is 0 Å². The largest absolute Gasteiger partial charge is 0.383 e. The van der Waals surface area contributed by atoms with Crippen molar-refractivity contribution in [1.82, 2.24) is 24.9 Å². The van der Waals surface area contributed by atoms with E-state index in [4.69, 9.17) is 5.73 Å². The van der Waals surface area contributed by atoms with Crippen molar-refractivity contribution in [1.29, 1.82) is 0 Å². The quantitative estimate of drug-likeness (QED) is 0.755. The Labute approximate surface area is 98.2 Å². The highest BCUT2D eigenvalue weighted by Gasteiger charge is 2.12. The van der Waals surface area contributed by atoms with Gasteiger partial charge in [0.2, 0.25) is 0 Å². The Balaban J connectivity index is 1.87. The van der Waals surface area contributed by atoms with Gasteiger partial charge in [0, 0.05) is 26.0 Å². The number of aromatic nitrogens is 4. The molecule has 0 atom stereocenters. The second kappa shape index (κ2) is 4.69. The third kappa shape index (κ3) is 2.44. The van der Waals surface area contributed by atoms with Gasteiger partial charge in [0.05, 0.1) is 12.7 Å². The fraction of sp³-hybridized carbons (Fsp3) is 0.300. The summed E-state index contributed by atoms with van der Waals surface area (Å²) in [5, 5.41) is 10.7. The summed E-state index contributed by atoms with van der Waals surface area (Å²) in [4.78, 5) is 11.7. The molecule has 7 nitrogen and oxygen atoms in total. The van der Waals surface area contributed by atoms with E-state index in [1.54, 1.807) is 17.9 Å². The molecule has 2 rings (SSSR count). The van der Waals surface area contributed by atoms with Crippen LogP contribution in [0.5, 0.6) is 0 Å². The van der Waals surface area contributed by atoms with Gasteiger partial charge in [-0.05, 0) is 6.07 Å². The van der Waals surface area contributed by atoms with Gasteiger partial charge in [-0.2, -0.15) is 10.2 Å². The number of hydrogen-bond acceptors (Lipinski definition) is 4. The second-order valence-corrected chi connectivity index (χ2v) is 3.59. The Morgan fingerprint density at radius 2 is 2.35 bits per heavy atom. The Morgan fingerprint density at radius 3 is 2.94 bits per heavy atom. The summed E-state index contributed by atoms with van der Waals surface area (Å²) in [7, 11) is 1.69. The molecular formula is C10H14N6O. The number of carbonyl (C=O) groups excluding carboxylic acids is 1. The smallest absolute Gasteiger partial charge is 0.256 e. The van der Waals surface area contributed by atoms with E-state index in [-0.39, 0.29) is 5.91 Å². The average Bonchev–Trinajstić information content (AvgIpc) is 2.91. The Hall–Kier alpha value is -2.31. The first-order valence-electron chi connectivity index (χ1n) is 5.21. The molecule has 2 aromatic heterocycles.